The van der Waals surface area contributed by atoms with Gasteiger partial charge in [0.15, 0.2) is 0 Å². The summed E-state index contributed by atoms with van der Waals surface area (Å²) in [6.45, 7) is 0.896. The average Bonchev–Trinajstić information content (AvgIpc) is 3.21. The van der Waals surface area contributed by atoms with Crippen LogP contribution in [0, 0.1) is 0 Å². The Morgan fingerprint density at radius 1 is 1.22 bits per heavy atom. The van der Waals surface area contributed by atoms with Gasteiger partial charge in [0.05, 0.1) is 10.7 Å². The number of nitrogens with one attached hydrogen (secondary N) is 1. The first-order chi connectivity index (χ1) is 8.83. The minimum absolute atomic E-state index is 0.722. The summed E-state index contributed by atoms with van der Waals surface area (Å²) in [6.07, 6.45) is 4.40. The number of nitrogens with zero attached hydrogens (tertiary/aromatic N) is 1. The lowest BCUT2D eigenvalue weighted by molar-refractivity contribution is 0.688. The van der Waals surface area contributed by atoms with Crippen LogP contribution in [0.3, 0.4) is 0 Å². The topological polar surface area (TPSA) is 24.9 Å². The lowest BCUT2D eigenvalue weighted by Crippen LogP contribution is -2.15. The highest BCUT2D eigenvalue weighted by atomic mass is 35.5. The molecule has 0 unspecified atom stereocenters. The molecule has 0 radical (unpaired) electrons. The first-order valence-corrected chi connectivity index (χ1v) is 6.64. The summed E-state index contributed by atoms with van der Waals surface area (Å²) in [5.74, 6) is 0. The number of benzene rings is 1. The molecular weight excluding hydrogens is 244 g/mol. The van der Waals surface area contributed by atoms with E-state index in [0.29, 0.717) is 0 Å². The summed E-state index contributed by atoms with van der Waals surface area (Å²) in [6, 6.07) is 12.8. The van der Waals surface area contributed by atoms with Gasteiger partial charge in [0.25, 0.3) is 0 Å². The van der Waals surface area contributed by atoms with Gasteiger partial charge in [-0.25, -0.2) is 0 Å². The number of pyridine rings is 1. The van der Waals surface area contributed by atoms with Crippen molar-refractivity contribution in [1.82, 2.24) is 10.3 Å². The van der Waals surface area contributed by atoms with E-state index in [-0.39, 0.29) is 0 Å². The van der Waals surface area contributed by atoms with Crippen molar-refractivity contribution in [2.24, 2.45) is 0 Å². The van der Waals surface area contributed by atoms with Gasteiger partial charge in [-0.15, -0.1) is 0 Å². The van der Waals surface area contributed by atoms with Crippen LogP contribution in [0.5, 0.6) is 0 Å². The van der Waals surface area contributed by atoms with E-state index in [1.807, 2.05) is 24.3 Å². The third kappa shape index (κ3) is 2.71. The highest BCUT2D eigenvalue weighted by Gasteiger charge is 2.20. The number of hydrogen-bond donors (Lipinski definition) is 1. The lowest BCUT2D eigenvalue weighted by atomic mass is 10.1. The van der Waals surface area contributed by atoms with Crippen LogP contribution in [0.2, 0.25) is 5.02 Å². The van der Waals surface area contributed by atoms with Gasteiger partial charge >= 0.3 is 0 Å². The fraction of sp³-hybridized carbons (Fsp3) is 0.267. The fourth-order valence-electron chi connectivity index (χ4n) is 1.95. The Kier molecular flexibility index (Phi) is 3.31. The van der Waals surface area contributed by atoms with Crippen molar-refractivity contribution in [3.05, 3.63) is 53.2 Å². The molecule has 1 aromatic heterocycles. The van der Waals surface area contributed by atoms with Gasteiger partial charge in [0.1, 0.15) is 0 Å². The van der Waals surface area contributed by atoms with Gasteiger partial charge in [0.2, 0.25) is 0 Å². The molecule has 0 bridgehead atoms. The molecule has 3 rings (SSSR count). The van der Waals surface area contributed by atoms with E-state index in [0.717, 1.165) is 28.9 Å². The number of hydrogen-bond acceptors (Lipinski definition) is 2. The molecule has 0 spiro atoms. The molecule has 1 aliphatic rings. The van der Waals surface area contributed by atoms with Crippen molar-refractivity contribution >= 4 is 11.6 Å². The van der Waals surface area contributed by atoms with E-state index in [1.54, 1.807) is 6.20 Å². The monoisotopic (exact) mass is 258 g/mol. The first kappa shape index (κ1) is 11.7. The average molecular weight is 259 g/mol. The predicted octanol–water partition coefficient (Wildman–Crippen LogP) is 3.65. The Labute approximate surface area is 112 Å². The van der Waals surface area contributed by atoms with E-state index < -0.39 is 0 Å². The summed E-state index contributed by atoms with van der Waals surface area (Å²) in [4.78, 5) is 4.32. The SMILES string of the molecule is Clc1cc(CNC2CC2)ccc1-c1ccccn1. The van der Waals surface area contributed by atoms with Crippen LogP contribution in [-0.2, 0) is 6.54 Å². The van der Waals surface area contributed by atoms with E-state index in [4.69, 9.17) is 11.6 Å². The Morgan fingerprint density at radius 2 is 2.11 bits per heavy atom. The molecule has 18 heavy (non-hydrogen) atoms. The Bertz CT molecular complexity index is 535. The minimum atomic E-state index is 0.722. The minimum Gasteiger partial charge on any atom is -0.310 e. The first-order valence-electron chi connectivity index (χ1n) is 6.26. The normalized spacial score (nSPS) is 14.7. The molecule has 1 saturated carbocycles. The zero-order valence-electron chi connectivity index (χ0n) is 10.1. The van der Waals surface area contributed by atoms with Crippen LogP contribution < -0.4 is 5.32 Å². The van der Waals surface area contributed by atoms with E-state index in [1.165, 1.54) is 18.4 Å². The summed E-state index contributed by atoms with van der Waals surface area (Å²) >= 11 is 6.33. The molecule has 92 valence electrons. The quantitative estimate of drug-likeness (QED) is 0.905. The van der Waals surface area contributed by atoms with Crippen LogP contribution in [0.15, 0.2) is 42.6 Å². The Hall–Kier alpha value is -1.38. The van der Waals surface area contributed by atoms with Crippen LogP contribution in [-0.4, -0.2) is 11.0 Å². The summed E-state index contributed by atoms with van der Waals surface area (Å²) in [5.41, 5.74) is 3.14. The van der Waals surface area contributed by atoms with Crippen molar-refractivity contribution in [1.29, 1.82) is 0 Å². The van der Waals surface area contributed by atoms with Crippen molar-refractivity contribution in [2.75, 3.05) is 0 Å². The molecule has 1 aromatic carbocycles. The second kappa shape index (κ2) is 5.09. The second-order valence-corrected chi connectivity index (χ2v) is 5.09. The highest BCUT2D eigenvalue weighted by molar-refractivity contribution is 6.33. The van der Waals surface area contributed by atoms with Crippen LogP contribution >= 0.6 is 11.6 Å². The summed E-state index contributed by atoms with van der Waals surface area (Å²) < 4.78 is 0. The Balaban J connectivity index is 1.80. The smallest absolute Gasteiger partial charge is 0.0716 e. The lowest BCUT2D eigenvalue weighted by Gasteiger charge is -2.07. The largest absolute Gasteiger partial charge is 0.310 e. The molecular formula is C15H15ClN2. The maximum Gasteiger partial charge on any atom is 0.0716 e. The molecule has 2 aromatic rings. The van der Waals surface area contributed by atoms with Gasteiger partial charge in [-0.3, -0.25) is 4.98 Å². The van der Waals surface area contributed by atoms with Crippen molar-refractivity contribution in [3.63, 3.8) is 0 Å². The molecule has 1 fully saturated rings. The van der Waals surface area contributed by atoms with E-state index >= 15 is 0 Å². The van der Waals surface area contributed by atoms with Gasteiger partial charge in [-0.1, -0.05) is 29.8 Å². The molecule has 1 heterocycles. The summed E-state index contributed by atoms with van der Waals surface area (Å²) in [5, 5.41) is 4.25. The third-order valence-corrected chi connectivity index (χ3v) is 3.46. The molecule has 0 aliphatic heterocycles. The second-order valence-electron chi connectivity index (χ2n) is 4.68. The zero-order valence-corrected chi connectivity index (χ0v) is 10.8. The molecule has 0 amide bonds. The molecule has 1 aliphatic carbocycles. The van der Waals surface area contributed by atoms with Crippen molar-refractivity contribution < 1.29 is 0 Å². The molecule has 0 atom stereocenters. The molecule has 2 nitrogen and oxygen atoms in total. The van der Waals surface area contributed by atoms with E-state index in [2.05, 4.69) is 22.4 Å². The Morgan fingerprint density at radius 3 is 2.78 bits per heavy atom. The van der Waals surface area contributed by atoms with Crippen LogP contribution in [0.4, 0.5) is 0 Å². The van der Waals surface area contributed by atoms with Crippen LogP contribution in [0.1, 0.15) is 18.4 Å². The maximum absolute atomic E-state index is 6.33. The predicted molar refractivity (Wildman–Crippen MR) is 74.5 cm³/mol. The number of aromatic nitrogens is 1. The van der Waals surface area contributed by atoms with Crippen molar-refractivity contribution in [3.8, 4) is 11.3 Å². The van der Waals surface area contributed by atoms with Gasteiger partial charge in [-0.2, -0.15) is 0 Å². The third-order valence-electron chi connectivity index (χ3n) is 3.15. The standard InChI is InChI=1S/C15H15ClN2/c16-14-9-11(10-18-12-5-6-12)4-7-13(14)15-3-1-2-8-17-15/h1-4,7-9,12,18H,5-6,10H2. The maximum atomic E-state index is 6.33. The van der Waals surface area contributed by atoms with Gasteiger partial charge < -0.3 is 5.32 Å². The van der Waals surface area contributed by atoms with Gasteiger partial charge in [0, 0.05) is 24.3 Å². The van der Waals surface area contributed by atoms with Crippen LogP contribution in [0.25, 0.3) is 11.3 Å². The summed E-state index contributed by atoms with van der Waals surface area (Å²) in [7, 11) is 0. The zero-order chi connectivity index (χ0) is 12.4. The highest BCUT2D eigenvalue weighted by Crippen LogP contribution is 2.27. The number of rotatable bonds is 4. The van der Waals surface area contributed by atoms with E-state index in [9.17, 15) is 0 Å². The molecule has 3 heteroatoms. The van der Waals surface area contributed by atoms with Crippen molar-refractivity contribution in [2.45, 2.75) is 25.4 Å². The van der Waals surface area contributed by atoms with Gasteiger partial charge in [-0.05, 0) is 36.6 Å². The fourth-order valence-corrected chi connectivity index (χ4v) is 2.25. The molecule has 0 saturated heterocycles. The molecule has 1 N–H and O–H groups in total. The number of halogens is 1.